The van der Waals surface area contributed by atoms with Crippen LogP contribution in [0.25, 0.3) is 0 Å². The number of rotatable bonds is 5. The molecule has 0 unspecified atom stereocenters. The highest BCUT2D eigenvalue weighted by Gasteiger charge is 2.26. The lowest BCUT2D eigenvalue weighted by molar-refractivity contribution is 0.0951. The average molecular weight is 399 g/mol. The maximum atomic E-state index is 13.0. The molecular weight excluding hydrogens is 380 g/mol. The number of hydrogen-bond acceptors (Lipinski definition) is 6. The Labute approximate surface area is 164 Å². The Morgan fingerprint density at radius 2 is 1.89 bits per heavy atom. The van der Waals surface area contributed by atoms with Gasteiger partial charge in [0, 0.05) is 16.8 Å². The predicted octanol–water partition coefficient (Wildman–Crippen LogP) is 3.66. The summed E-state index contributed by atoms with van der Waals surface area (Å²) < 4.78 is 3.73. The van der Waals surface area contributed by atoms with Crippen molar-refractivity contribution in [1.29, 1.82) is 0 Å². The van der Waals surface area contributed by atoms with Crippen molar-refractivity contribution >= 4 is 39.7 Å². The van der Waals surface area contributed by atoms with E-state index in [1.165, 1.54) is 16.2 Å². The van der Waals surface area contributed by atoms with E-state index in [2.05, 4.69) is 20.2 Å². The molecule has 0 aliphatic heterocycles. The Balaban J connectivity index is 1.58. The molecular formula is C19H18N4O2S2. The van der Waals surface area contributed by atoms with Crippen molar-refractivity contribution in [1.82, 2.24) is 14.9 Å². The monoisotopic (exact) mass is 398 g/mol. The molecule has 1 aliphatic rings. The second-order valence-electron chi connectivity index (χ2n) is 6.33. The van der Waals surface area contributed by atoms with Crippen LogP contribution in [-0.2, 0) is 19.4 Å². The summed E-state index contributed by atoms with van der Waals surface area (Å²) in [6.07, 6.45) is 4.00. The van der Waals surface area contributed by atoms with E-state index in [-0.39, 0.29) is 17.5 Å². The van der Waals surface area contributed by atoms with Crippen LogP contribution in [0.5, 0.6) is 0 Å². The van der Waals surface area contributed by atoms with Gasteiger partial charge in [-0.1, -0.05) is 34.8 Å². The summed E-state index contributed by atoms with van der Waals surface area (Å²) in [5.41, 5.74) is 2.97. The smallest absolute Gasteiger partial charge is 0.277 e. The third-order valence-corrected chi connectivity index (χ3v) is 6.23. The van der Waals surface area contributed by atoms with Gasteiger partial charge in [0.15, 0.2) is 5.69 Å². The second-order valence-corrected chi connectivity index (χ2v) is 8.04. The van der Waals surface area contributed by atoms with Gasteiger partial charge >= 0.3 is 0 Å². The van der Waals surface area contributed by atoms with Gasteiger partial charge in [-0.25, -0.2) is 0 Å². The summed E-state index contributed by atoms with van der Waals surface area (Å²) in [7, 11) is 0. The van der Waals surface area contributed by atoms with E-state index < -0.39 is 0 Å². The SMILES string of the molecule is O=C(Nc1sc2c(c1C(=O)NCc1ccccc1)CCCC2)c1csnn1. The van der Waals surface area contributed by atoms with Gasteiger partial charge < -0.3 is 10.6 Å². The predicted molar refractivity (Wildman–Crippen MR) is 106 cm³/mol. The Kier molecular flexibility index (Phi) is 5.26. The van der Waals surface area contributed by atoms with Crippen molar-refractivity contribution in [3.8, 4) is 0 Å². The molecule has 1 aliphatic carbocycles. The Morgan fingerprint density at radius 1 is 1.07 bits per heavy atom. The number of aryl methyl sites for hydroxylation is 1. The molecule has 0 saturated heterocycles. The number of amides is 2. The van der Waals surface area contributed by atoms with Crippen LogP contribution in [0, 0.1) is 0 Å². The lowest BCUT2D eigenvalue weighted by Gasteiger charge is -2.13. The number of carbonyl (C=O) groups excluding carboxylic acids is 2. The molecule has 27 heavy (non-hydrogen) atoms. The van der Waals surface area contributed by atoms with E-state index in [4.69, 9.17) is 0 Å². The molecule has 0 saturated carbocycles. The zero-order chi connectivity index (χ0) is 18.6. The lowest BCUT2D eigenvalue weighted by Crippen LogP contribution is -2.25. The average Bonchev–Trinajstić information content (AvgIpc) is 3.34. The van der Waals surface area contributed by atoms with Gasteiger partial charge in [-0.2, -0.15) is 0 Å². The Bertz CT molecular complexity index is 952. The molecule has 0 spiro atoms. The number of nitrogens with one attached hydrogen (secondary N) is 2. The summed E-state index contributed by atoms with van der Waals surface area (Å²) in [6.45, 7) is 0.452. The van der Waals surface area contributed by atoms with Crippen molar-refractivity contribution in [2.24, 2.45) is 0 Å². The molecule has 138 valence electrons. The third kappa shape index (κ3) is 3.91. The van der Waals surface area contributed by atoms with Crippen LogP contribution in [0.4, 0.5) is 5.00 Å². The maximum absolute atomic E-state index is 13.0. The van der Waals surface area contributed by atoms with E-state index in [0.29, 0.717) is 17.1 Å². The Morgan fingerprint density at radius 3 is 2.67 bits per heavy atom. The minimum atomic E-state index is -0.334. The highest BCUT2D eigenvalue weighted by atomic mass is 32.1. The van der Waals surface area contributed by atoms with E-state index in [0.717, 1.165) is 48.3 Å². The van der Waals surface area contributed by atoms with Crippen molar-refractivity contribution < 1.29 is 9.59 Å². The van der Waals surface area contributed by atoms with Gasteiger partial charge in [0.2, 0.25) is 0 Å². The van der Waals surface area contributed by atoms with Crippen LogP contribution in [-0.4, -0.2) is 21.4 Å². The highest BCUT2D eigenvalue weighted by molar-refractivity contribution is 7.17. The van der Waals surface area contributed by atoms with Gasteiger partial charge in [0.1, 0.15) is 5.00 Å². The fraction of sp³-hybridized carbons (Fsp3) is 0.263. The van der Waals surface area contributed by atoms with Crippen molar-refractivity contribution in [3.05, 3.63) is 63.0 Å². The van der Waals surface area contributed by atoms with Crippen molar-refractivity contribution in [2.75, 3.05) is 5.32 Å². The molecule has 0 radical (unpaired) electrons. The molecule has 2 aromatic heterocycles. The van der Waals surface area contributed by atoms with Gasteiger partial charge in [-0.3, -0.25) is 9.59 Å². The summed E-state index contributed by atoms with van der Waals surface area (Å²) in [6, 6.07) is 9.78. The third-order valence-electron chi connectivity index (χ3n) is 4.51. The molecule has 1 aromatic carbocycles. The molecule has 0 bridgehead atoms. The first kappa shape index (κ1) is 17.8. The lowest BCUT2D eigenvalue weighted by atomic mass is 9.95. The van der Waals surface area contributed by atoms with E-state index in [9.17, 15) is 9.59 Å². The first-order valence-electron chi connectivity index (χ1n) is 8.77. The molecule has 0 atom stereocenters. The van der Waals surface area contributed by atoms with Gasteiger partial charge in [-0.15, -0.1) is 16.4 Å². The highest BCUT2D eigenvalue weighted by Crippen LogP contribution is 2.38. The number of hydrogen-bond donors (Lipinski definition) is 2. The minimum absolute atomic E-state index is 0.148. The van der Waals surface area contributed by atoms with E-state index in [1.807, 2.05) is 30.3 Å². The van der Waals surface area contributed by atoms with Crippen LogP contribution < -0.4 is 10.6 Å². The molecule has 2 amide bonds. The zero-order valence-corrected chi connectivity index (χ0v) is 16.2. The first-order chi connectivity index (χ1) is 13.2. The molecule has 3 aromatic rings. The molecule has 4 rings (SSSR count). The second kappa shape index (κ2) is 7.98. The van der Waals surface area contributed by atoms with Crippen LogP contribution in [0.3, 0.4) is 0 Å². The summed E-state index contributed by atoms with van der Waals surface area (Å²) in [4.78, 5) is 26.6. The van der Waals surface area contributed by atoms with Crippen LogP contribution >= 0.6 is 22.9 Å². The number of anilines is 1. The number of nitrogens with zero attached hydrogens (tertiary/aromatic N) is 2. The van der Waals surface area contributed by atoms with Gasteiger partial charge in [-0.05, 0) is 48.3 Å². The molecule has 8 heteroatoms. The quantitative estimate of drug-likeness (QED) is 0.687. The zero-order valence-electron chi connectivity index (χ0n) is 14.5. The molecule has 2 N–H and O–H groups in total. The number of thiophene rings is 1. The summed E-state index contributed by atoms with van der Waals surface area (Å²) in [5, 5.41) is 11.9. The van der Waals surface area contributed by atoms with Crippen LogP contribution in [0.1, 0.15) is 49.7 Å². The number of aromatic nitrogens is 2. The normalized spacial score (nSPS) is 13.0. The number of fused-ring (bicyclic) bond motifs is 1. The van der Waals surface area contributed by atoms with Gasteiger partial charge in [0.25, 0.3) is 11.8 Å². The Hall–Kier alpha value is -2.58. The fourth-order valence-electron chi connectivity index (χ4n) is 3.19. The minimum Gasteiger partial charge on any atom is -0.348 e. The number of carbonyl (C=O) groups is 2. The van der Waals surface area contributed by atoms with Gasteiger partial charge in [0.05, 0.1) is 5.56 Å². The first-order valence-corrected chi connectivity index (χ1v) is 10.4. The van der Waals surface area contributed by atoms with Crippen molar-refractivity contribution in [3.63, 3.8) is 0 Å². The molecule has 0 fully saturated rings. The maximum Gasteiger partial charge on any atom is 0.277 e. The molecule has 2 heterocycles. The largest absolute Gasteiger partial charge is 0.348 e. The summed E-state index contributed by atoms with van der Waals surface area (Å²) in [5.74, 6) is -0.482. The van der Waals surface area contributed by atoms with E-state index >= 15 is 0 Å². The number of benzene rings is 1. The van der Waals surface area contributed by atoms with Crippen LogP contribution in [0.15, 0.2) is 35.7 Å². The molecule has 6 nitrogen and oxygen atoms in total. The van der Waals surface area contributed by atoms with E-state index in [1.54, 1.807) is 5.38 Å². The standard InChI is InChI=1S/C19H18N4O2S2/c24-17(14-11-26-23-22-14)21-19-16(13-8-4-5-9-15(13)27-19)18(25)20-10-12-6-2-1-3-7-12/h1-3,6-7,11H,4-5,8-10H2,(H,20,25)(H,21,24). The van der Waals surface area contributed by atoms with Crippen molar-refractivity contribution in [2.45, 2.75) is 32.2 Å². The van der Waals surface area contributed by atoms with Crippen LogP contribution in [0.2, 0.25) is 0 Å². The topological polar surface area (TPSA) is 84.0 Å². The fourth-order valence-corrected chi connectivity index (χ4v) is 4.91. The summed E-state index contributed by atoms with van der Waals surface area (Å²) >= 11 is 2.62.